The van der Waals surface area contributed by atoms with Gasteiger partial charge < -0.3 is 34.5 Å². The van der Waals surface area contributed by atoms with Gasteiger partial charge in [0, 0.05) is 31.8 Å². The van der Waals surface area contributed by atoms with Crippen LogP contribution in [0.1, 0.15) is 42.6 Å². The molecule has 10 nitrogen and oxygen atoms in total. The standard InChI is InChI=1S/C30H37N3O7/c1-30(2,18-37-3)29(36)33-14-25-26(15-33)40-22-8-6-19(7-9-22)13-31-27(34)17-39-24-11-21(28(35)32-25)10-23(12-24)38-16-20-4-5-20/h6-12,20,25-26H,4-5,13-18H2,1-3H3,(H,31,34)(H,32,35)/t25-,26-/m0/s1. The van der Waals surface area contributed by atoms with Crippen molar-refractivity contribution in [1.82, 2.24) is 15.5 Å². The first-order valence-corrected chi connectivity index (χ1v) is 13.7. The molecule has 10 heteroatoms. The van der Waals surface area contributed by atoms with Crippen molar-refractivity contribution in [2.75, 3.05) is 40.0 Å². The highest BCUT2D eigenvalue weighted by Gasteiger charge is 2.42. The molecule has 0 unspecified atom stereocenters. The molecule has 214 valence electrons. The Bertz CT molecular complexity index is 1240. The molecule has 2 atom stereocenters. The number of carbonyl (C=O) groups excluding carboxylic acids is 3. The van der Waals surface area contributed by atoms with E-state index in [1.807, 2.05) is 38.1 Å². The van der Waals surface area contributed by atoms with E-state index in [9.17, 15) is 14.4 Å². The molecule has 1 aliphatic carbocycles. The molecule has 6 rings (SSSR count). The molecule has 2 aromatic rings. The van der Waals surface area contributed by atoms with Crippen LogP contribution in [-0.2, 0) is 20.9 Å². The van der Waals surface area contributed by atoms with E-state index in [1.165, 1.54) is 0 Å². The average molecular weight is 552 g/mol. The van der Waals surface area contributed by atoms with Crippen molar-refractivity contribution < 1.29 is 33.3 Å². The minimum atomic E-state index is -0.725. The summed E-state index contributed by atoms with van der Waals surface area (Å²) in [6, 6.07) is 11.9. The van der Waals surface area contributed by atoms with Crippen LogP contribution in [0.15, 0.2) is 42.5 Å². The van der Waals surface area contributed by atoms with E-state index in [0.717, 1.165) is 18.4 Å². The lowest BCUT2D eigenvalue weighted by molar-refractivity contribution is -0.142. The van der Waals surface area contributed by atoms with Crippen molar-refractivity contribution in [3.8, 4) is 17.2 Å². The molecule has 1 saturated carbocycles. The van der Waals surface area contributed by atoms with Crippen LogP contribution >= 0.6 is 0 Å². The van der Waals surface area contributed by atoms with Crippen LogP contribution in [0.2, 0.25) is 0 Å². The molecular formula is C30H37N3O7. The number of carbonyl (C=O) groups is 3. The number of fused-ring (bicyclic) bond motifs is 7. The Hall–Kier alpha value is -3.79. The maximum atomic E-state index is 13.6. The van der Waals surface area contributed by atoms with Crippen molar-refractivity contribution >= 4 is 17.7 Å². The molecule has 40 heavy (non-hydrogen) atoms. The van der Waals surface area contributed by atoms with Gasteiger partial charge in [-0.05, 0) is 62.4 Å². The second-order valence-corrected chi connectivity index (χ2v) is 11.4. The fourth-order valence-corrected chi connectivity index (χ4v) is 4.93. The summed E-state index contributed by atoms with van der Waals surface area (Å²) in [4.78, 5) is 41.1. The molecule has 4 aliphatic rings. The van der Waals surface area contributed by atoms with Crippen molar-refractivity contribution in [2.24, 2.45) is 11.3 Å². The maximum Gasteiger partial charge on any atom is 0.258 e. The third kappa shape index (κ3) is 6.85. The van der Waals surface area contributed by atoms with Crippen molar-refractivity contribution in [1.29, 1.82) is 0 Å². The van der Waals surface area contributed by atoms with Gasteiger partial charge in [0.25, 0.3) is 11.8 Å². The SMILES string of the molecule is COCC(C)(C)C(=O)N1C[C@@H]2NC(=O)c3cc(cc(OCC4CC4)c3)OCC(=O)NCc3ccc(cc3)O[C@H]2C1. The van der Waals surface area contributed by atoms with Crippen molar-refractivity contribution in [3.05, 3.63) is 53.6 Å². The van der Waals surface area contributed by atoms with Gasteiger partial charge in [-0.2, -0.15) is 0 Å². The summed E-state index contributed by atoms with van der Waals surface area (Å²) >= 11 is 0. The molecule has 2 N–H and O–H groups in total. The Labute approximate surface area is 234 Å². The van der Waals surface area contributed by atoms with Gasteiger partial charge >= 0.3 is 0 Å². The number of rotatable bonds is 6. The van der Waals surface area contributed by atoms with E-state index >= 15 is 0 Å². The summed E-state index contributed by atoms with van der Waals surface area (Å²) < 4.78 is 23.3. The summed E-state index contributed by atoms with van der Waals surface area (Å²) in [5, 5.41) is 5.92. The van der Waals surface area contributed by atoms with Crippen molar-refractivity contribution in [3.63, 3.8) is 0 Å². The predicted octanol–water partition coefficient (Wildman–Crippen LogP) is 2.54. The van der Waals surface area contributed by atoms with Crippen LogP contribution in [0.4, 0.5) is 0 Å². The summed E-state index contributed by atoms with van der Waals surface area (Å²) in [5.41, 5.74) is 0.509. The number of likely N-dealkylation sites (tertiary alicyclic amines) is 1. The lowest BCUT2D eigenvalue weighted by atomic mass is 9.93. The minimum absolute atomic E-state index is 0.0703. The molecule has 0 radical (unpaired) electrons. The monoisotopic (exact) mass is 551 g/mol. The predicted molar refractivity (Wildman–Crippen MR) is 146 cm³/mol. The van der Waals surface area contributed by atoms with Gasteiger partial charge in [0.2, 0.25) is 5.91 Å². The lowest BCUT2D eigenvalue weighted by Gasteiger charge is -2.28. The van der Waals surface area contributed by atoms with Crippen molar-refractivity contribution in [2.45, 2.75) is 45.4 Å². The zero-order valence-corrected chi connectivity index (χ0v) is 23.2. The molecule has 0 spiro atoms. The van der Waals surface area contributed by atoms with E-state index in [4.69, 9.17) is 18.9 Å². The molecule has 2 aromatic carbocycles. The van der Waals surface area contributed by atoms with E-state index in [0.29, 0.717) is 55.0 Å². The summed E-state index contributed by atoms with van der Waals surface area (Å²) in [6.45, 7) is 5.27. The van der Waals surface area contributed by atoms with Gasteiger partial charge in [-0.3, -0.25) is 14.4 Å². The Morgan fingerprint density at radius 3 is 2.58 bits per heavy atom. The quantitative estimate of drug-likeness (QED) is 0.567. The van der Waals surface area contributed by atoms with Crippen LogP contribution in [0, 0.1) is 11.3 Å². The van der Waals surface area contributed by atoms with Gasteiger partial charge in [-0.25, -0.2) is 0 Å². The van der Waals surface area contributed by atoms with Crippen LogP contribution in [-0.4, -0.2) is 74.8 Å². The van der Waals surface area contributed by atoms with E-state index < -0.39 is 17.6 Å². The molecular weight excluding hydrogens is 514 g/mol. The second kappa shape index (κ2) is 11.8. The van der Waals surface area contributed by atoms with E-state index in [1.54, 1.807) is 30.2 Å². The van der Waals surface area contributed by atoms with Gasteiger partial charge in [-0.15, -0.1) is 0 Å². The normalized spacial score (nSPS) is 21.4. The lowest BCUT2D eigenvalue weighted by Crippen LogP contribution is -2.46. The highest BCUT2D eigenvalue weighted by Crippen LogP contribution is 2.31. The highest BCUT2D eigenvalue weighted by atomic mass is 16.5. The summed E-state index contributed by atoms with van der Waals surface area (Å²) in [5.74, 6) is 1.29. The number of benzene rings is 2. The third-order valence-electron chi connectivity index (χ3n) is 7.35. The fourth-order valence-electron chi connectivity index (χ4n) is 4.93. The second-order valence-electron chi connectivity index (χ2n) is 11.4. The smallest absolute Gasteiger partial charge is 0.258 e. The summed E-state index contributed by atoms with van der Waals surface area (Å²) in [7, 11) is 1.57. The Morgan fingerprint density at radius 2 is 1.85 bits per heavy atom. The van der Waals surface area contributed by atoms with Crippen LogP contribution in [0.5, 0.6) is 17.2 Å². The van der Waals surface area contributed by atoms with E-state index in [-0.39, 0.29) is 30.9 Å². The largest absolute Gasteiger partial charge is 0.493 e. The molecule has 0 aromatic heterocycles. The minimum Gasteiger partial charge on any atom is -0.493 e. The molecule has 2 fully saturated rings. The topological polar surface area (TPSA) is 115 Å². The number of methoxy groups -OCH3 is 1. The zero-order valence-electron chi connectivity index (χ0n) is 23.2. The Balaban J connectivity index is 1.43. The Kier molecular flexibility index (Phi) is 8.16. The van der Waals surface area contributed by atoms with Crippen LogP contribution < -0.4 is 24.8 Å². The number of nitrogens with one attached hydrogen (secondary N) is 2. The number of hydrogen-bond donors (Lipinski definition) is 2. The molecule has 3 heterocycles. The number of amides is 3. The maximum absolute atomic E-state index is 13.6. The highest BCUT2D eigenvalue weighted by molar-refractivity contribution is 5.95. The summed E-state index contributed by atoms with van der Waals surface area (Å²) in [6.07, 6.45) is 1.79. The molecule has 3 amide bonds. The zero-order chi connectivity index (χ0) is 28.3. The third-order valence-corrected chi connectivity index (χ3v) is 7.35. The Morgan fingerprint density at radius 1 is 1.07 bits per heavy atom. The fraction of sp³-hybridized carbons (Fsp3) is 0.500. The first-order valence-electron chi connectivity index (χ1n) is 13.7. The number of ether oxygens (including phenoxy) is 4. The molecule has 4 bridgehead atoms. The van der Waals surface area contributed by atoms with Gasteiger partial charge in [0.15, 0.2) is 6.61 Å². The van der Waals surface area contributed by atoms with Gasteiger partial charge in [0.1, 0.15) is 23.4 Å². The first kappa shape index (κ1) is 27.8. The molecule has 1 saturated heterocycles. The number of nitrogens with zero attached hydrogens (tertiary/aromatic N) is 1. The number of hydrogen-bond acceptors (Lipinski definition) is 7. The van der Waals surface area contributed by atoms with Crippen LogP contribution in [0.3, 0.4) is 0 Å². The van der Waals surface area contributed by atoms with Gasteiger partial charge in [0.05, 0.1) is 31.2 Å². The average Bonchev–Trinajstić information content (AvgIpc) is 3.69. The first-order chi connectivity index (χ1) is 19.2. The molecule has 3 aliphatic heterocycles. The van der Waals surface area contributed by atoms with Crippen LogP contribution in [0.25, 0.3) is 0 Å². The van der Waals surface area contributed by atoms with E-state index in [2.05, 4.69) is 10.6 Å². The van der Waals surface area contributed by atoms with Gasteiger partial charge in [-0.1, -0.05) is 12.1 Å².